The number of aliphatic hydroxyl groups excluding tert-OH is 1. The molecule has 2 N–H and O–H groups in total. The van der Waals surface area contributed by atoms with Crippen LogP contribution in [0.4, 0.5) is 0 Å². The molecule has 0 heterocycles. The van der Waals surface area contributed by atoms with Crippen molar-refractivity contribution in [3.8, 4) is 0 Å². The SMILES string of the molecule is C=C1[C@@H]2CC[C@@H](C2)[C@@]1(C)C/C=C/C(C)(O)CO. The molecule has 2 saturated carbocycles. The molecule has 0 amide bonds. The van der Waals surface area contributed by atoms with Gasteiger partial charge in [-0.3, -0.25) is 0 Å². The molecule has 2 rings (SSSR count). The van der Waals surface area contributed by atoms with Crippen LogP contribution in [0.1, 0.15) is 39.5 Å². The molecule has 2 fully saturated rings. The zero-order valence-electron chi connectivity index (χ0n) is 10.9. The normalized spacial score (nSPS) is 40.1. The lowest BCUT2D eigenvalue weighted by atomic mass is 9.69. The van der Waals surface area contributed by atoms with Gasteiger partial charge in [0.2, 0.25) is 0 Å². The van der Waals surface area contributed by atoms with Crippen molar-refractivity contribution in [3.05, 3.63) is 24.3 Å². The van der Waals surface area contributed by atoms with Crippen LogP contribution in [0.2, 0.25) is 0 Å². The Balaban J connectivity index is 2.02. The average molecular weight is 236 g/mol. The molecule has 2 bridgehead atoms. The molecule has 2 aliphatic carbocycles. The third-order valence-corrected chi connectivity index (χ3v) is 4.90. The summed E-state index contributed by atoms with van der Waals surface area (Å²) < 4.78 is 0. The van der Waals surface area contributed by atoms with Gasteiger partial charge in [0.05, 0.1) is 6.61 Å². The first kappa shape index (κ1) is 12.8. The van der Waals surface area contributed by atoms with Gasteiger partial charge in [-0.1, -0.05) is 31.2 Å². The second-order valence-corrected chi connectivity index (χ2v) is 6.27. The summed E-state index contributed by atoms with van der Waals surface area (Å²) >= 11 is 0. The van der Waals surface area contributed by atoms with Crippen LogP contribution in [0, 0.1) is 17.3 Å². The van der Waals surface area contributed by atoms with Gasteiger partial charge < -0.3 is 10.2 Å². The number of hydrogen-bond acceptors (Lipinski definition) is 2. The maximum Gasteiger partial charge on any atom is 0.103 e. The van der Waals surface area contributed by atoms with E-state index in [4.69, 9.17) is 5.11 Å². The Morgan fingerprint density at radius 2 is 2.24 bits per heavy atom. The molecule has 4 atom stereocenters. The fourth-order valence-corrected chi connectivity index (χ4v) is 3.51. The first-order chi connectivity index (χ1) is 7.89. The molecular formula is C15H24O2. The Kier molecular flexibility index (Phi) is 3.21. The smallest absolute Gasteiger partial charge is 0.103 e. The first-order valence-electron chi connectivity index (χ1n) is 6.59. The summed E-state index contributed by atoms with van der Waals surface area (Å²) in [5.41, 5.74) is 0.530. The lowest BCUT2D eigenvalue weighted by Crippen LogP contribution is -2.27. The van der Waals surface area contributed by atoms with Crippen molar-refractivity contribution in [3.63, 3.8) is 0 Å². The third-order valence-electron chi connectivity index (χ3n) is 4.90. The molecule has 1 unspecified atom stereocenters. The highest BCUT2D eigenvalue weighted by Gasteiger charge is 2.49. The van der Waals surface area contributed by atoms with Crippen molar-refractivity contribution in [1.29, 1.82) is 0 Å². The summed E-state index contributed by atoms with van der Waals surface area (Å²) in [5.74, 6) is 1.50. The van der Waals surface area contributed by atoms with E-state index in [9.17, 15) is 5.11 Å². The van der Waals surface area contributed by atoms with Crippen LogP contribution in [-0.4, -0.2) is 22.4 Å². The number of hydrogen-bond donors (Lipinski definition) is 2. The van der Waals surface area contributed by atoms with Crippen LogP contribution in [0.15, 0.2) is 24.3 Å². The lowest BCUT2D eigenvalue weighted by Gasteiger charge is -2.35. The summed E-state index contributed by atoms with van der Waals surface area (Å²) in [4.78, 5) is 0. The average Bonchev–Trinajstić information content (AvgIpc) is 2.83. The first-order valence-corrected chi connectivity index (χ1v) is 6.59. The van der Waals surface area contributed by atoms with E-state index in [0.29, 0.717) is 0 Å². The second kappa shape index (κ2) is 4.25. The molecule has 2 heteroatoms. The quantitative estimate of drug-likeness (QED) is 0.737. The van der Waals surface area contributed by atoms with Crippen LogP contribution in [0.3, 0.4) is 0 Å². The largest absolute Gasteiger partial charge is 0.393 e. The van der Waals surface area contributed by atoms with Gasteiger partial charge >= 0.3 is 0 Å². The number of rotatable bonds is 4. The van der Waals surface area contributed by atoms with Gasteiger partial charge in [0.25, 0.3) is 0 Å². The zero-order chi connectivity index (χ0) is 12.7. The van der Waals surface area contributed by atoms with E-state index in [1.54, 1.807) is 13.0 Å². The standard InChI is InChI=1S/C15H24O2/c1-11-12-5-6-13(9-12)15(11,3)8-4-7-14(2,17)10-16/h4,7,12-13,16-17H,1,5-6,8-10H2,2-3H3/b7-4+/t12-,13+,14?,15+/m1/s1. The molecule has 0 aromatic carbocycles. The van der Waals surface area contributed by atoms with Gasteiger partial charge in [0.15, 0.2) is 0 Å². The van der Waals surface area contributed by atoms with Crippen LogP contribution in [0.5, 0.6) is 0 Å². The molecule has 0 spiro atoms. The van der Waals surface area contributed by atoms with E-state index in [2.05, 4.69) is 13.5 Å². The van der Waals surface area contributed by atoms with Crippen LogP contribution in [-0.2, 0) is 0 Å². The fourth-order valence-electron chi connectivity index (χ4n) is 3.51. The van der Waals surface area contributed by atoms with Crippen LogP contribution >= 0.6 is 0 Å². The number of aliphatic hydroxyl groups is 2. The Morgan fingerprint density at radius 1 is 1.53 bits per heavy atom. The maximum atomic E-state index is 9.72. The second-order valence-electron chi connectivity index (χ2n) is 6.27. The van der Waals surface area contributed by atoms with E-state index < -0.39 is 5.60 Å². The molecule has 2 nitrogen and oxygen atoms in total. The van der Waals surface area contributed by atoms with Crippen molar-refractivity contribution in [2.24, 2.45) is 17.3 Å². The minimum atomic E-state index is -1.09. The highest BCUT2D eigenvalue weighted by atomic mass is 16.3. The van der Waals surface area contributed by atoms with Crippen molar-refractivity contribution in [2.75, 3.05) is 6.61 Å². The summed E-state index contributed by atoms with van der Waals surface area (Å²) in [6.45, 7) is 7.98. The minimum absolute atomic E-state index is 0.213. The fraction of sp³-hybridized carbons (Fsp3) is 0.733. The molecule has 0 saturated heterocycles. The van der Waals surface area contributed by atoms with Gasteiger partial charge in [-0.15, -0.1) is 0 Å². The highest BCUT2D eigenvalue weighted by molar-refractivity contribution is 5.25. The lowest BCUT2D eigenvalue weighted by molar-refractivity contribution is 0.0431. The van der Waals surface area contributed by atoms with Crippen molar-refractivity contribution >= 4 is 0 Å². The Hall–Kier alpha value is -0.600. The van der Waals surface area contributed by atoms with Gasteiger partial charge in [0, 0.05) is 0 Å². The highest BCUT2D eigenvalue weighted by Crippen LogP contribution is 2.60. The summed E-state index contributed by atoms with van der Waals surface area (Å²) in [6, 6.07) is 0. The van der Waals surface area contributed by atoms with E-state index in [1.165, 1.54) is 24.8 Å². The Morgan fingerprint density at radius 3 is 2.76 bits per heavy atom. The Bertz CT molecular complexity index is 343. The molecule has 2 aliphatic rings. The zero-order valence-corrected chi connectivity index (χ0v) is 10.9. The van der Waals surface area contributed by atoms with Crippen molar-refractivity contribution in [2.45, 2.75) is 45.1 Å². The summed E-state index contributed by atoms with van der Waals surface area (Å²) in [6.07, 6.45) is 8.61. The van der Waals surface area contributed by atoms with Gasteiger partial charge in [0.1, 0.15) is 5.60 Å². The predicted molar refractivity (Wildman–Crippen MR) is 69.5 cm³/mol. The minimum Gasteiger partial charge on any atom is -0.393 e. The molecular weight excluding hydrogens is 212 g/mol. The van der Waals surface area contributed by atoms with E-state index in [-0.39, 0.29) is 12.0 Å². The summed E-state index contributed by atoms with van der Waals surface area (Å²) in [5, 5.41) is 18.7. The van der Waals surface area contributed by atoms with Gasteiger partial charge in [-0.05, 0) is 49.9 Å². The van der Waals surface area contributed by atoms with E-state index >= 15 is 0 Å². The molecule has 96 valence electrons. The van der Waals surface area contributed by atoms with Gasteiger partial charge in [-0.25, -0.2) is 0 Å². The molecule has 0 radical (unpaired) electrons. The van der Waals surface area contributed by atoms with Crippen LogP contribution in [0.25, 0.3) is 0 Å². The maximum absolute atomic E-state index is 9.72. The Labute approximate surface area is 104 Å². The molecule has 17 heavy (non-hydrogen) atoms. The third kappa shape index (κ3) is 2.21. The monoisotopic (exact) mass is 236 g/mol. The number of allylic oxidation sites excluding steroid dienone is 2. The molecule has 0 aromatic heterocycles. The topological polar surface area (TPSA) is 40.5 Å². The number of fused-ring (bicyclic) bond motifs is 2. The molecule has 0 aromatic rings. The summed E-state index contributed by atoms with van der Waals surface area (Å²) in [7, 11) is 0. The van der Waals surface area contributed by atoms with Crippen LogP contribution < -0.4 is 0 Å². The van der Waals surface area contributed by atoms with Crippen molar-refractivity contribution < 1.29 is 10.2 Å². The van der Waals surface area contributed by atoms with E-state index in [1.807, 2.05) is 6.08 Å². The van der Waals surface area contributed by atoms with Gasteiger partial charge in [-0.2, -0.15) is 0 Å². The van der Waals surface area contributed by atoms with Crippen molar-refractivity contribution in [1.82, 2.24) is 0 Å². The predicted octanol–water partition coefficient (Wildman–Crippen LogP) is 2.67. The molecule has 0 aliphatic heterocycles. The van der Waals surface area contributed by atoms with E-state index in [0.717, 1.165) is 18.3 Å².